The molecule has 2 heterocycles. The van der Waals surface area contributed by atoms with E-state index in [9.17, 15) is 14.7 Å². The Morgan fingerprint density at radius 2 is 2.18 bits per heavy atom. The Morgan fingerprint density at radius 3 is 2.95 bits per heavy atom. The molecule has 4 rings (SSSR count). The summed E-state index contributed by atoms with van der Waals surface area (Å²) in [6, 6.07) is 7.48. The Labute approximate surface area is 127 Å². The van der Waals surface area contributed by atoms with E-state index in [4.69, 9.17) is 0 Å². The second-order valence-electron chi connectivity index (χ2n) is 6.35. The number of H-pyrrole nitrogens is 1. The lowest BCUT2D eigenvalue weighted by molar-refractivity contribution is -0.149. The number of carbonyl (C=O) groups excluding carboxylic acids is 1. The van der Waals surface area contributed by atoms with Crippen LogP contribution in [0, 0.1) is 11.3 Å². The summed E-state index contributed by atoms with van der Waals surface area (Å²) in [6.07, 6.45) is 2.49. The SMILES string of the molecule is O=C(c1n[nH]c2ccccc12)N1C[C@@H]2CCC[C@@]2(C(=O)O)C1. The molecule has 1 saturated carbocycles. The van der Waals surface area contributed by atoms with Crippen LogP contribution in [0.3, 0.4) is 0 Å². The van der Waals surface area contributed by atoms with Crippen LogP contribution >= 0.6 is 0 Å². The van der Waals surface area contributed by atoms with Gasteiger partial charge in [-0.1, -0.05) is 24.6 Å². The van der Waals surface area contributed by atoms with Gasteiger partial charge in [0.25, 0.3) is 5.91 Å². The molecule has 2 aliphatic rings. The molecule has 0 unspecified atom stereocenters. The molecule has 1 aromatic carbocycles. The Morgan fingerprint density at radius 1 is 1.36 bits per heavy atom. The minimum Gasteiger partial charge on any atom is -0.481 e. The van der Waals surface area contributed by atoms with Crippen molar-refractivity contribution in [2.75, 3.05) is 13.1 Å². The third-order valence-electron chi connectivity index (χ3n) is 5.26. The maximum absolute atomic E-state index is 12.8. The summed E-state index contributed by atoms with van der Waals surface area (Å²) in [6.45, 7) is 0.819. The van der Waals surface area contributed by atoms with Crippen molar-refractivity contribution in [1.29, 1.82) is 0 Å². The van der Waals surface area contributed by atoms with Gasteiger partial charge in [0.05, 0.1) is 10.9 Å². The molecule has 6 nitrogen and oxygen atoms in total. The first-order valence-electron chi connectivity index (χ1n) is 7.57. The topological polar surface area (TPSA) is 86.3 Å². The van der Waals surface area contributed by atoms with Crippen LogP contribution < -0.4 is 0 Å². The number of aromatic amines is 1. The predicted octanol–water partition coefficient (Wildman–Crippen LogP) is 1.89. The molecule has 6 heteroatoms. The summed E-state index contributed by atoms with van der Waals surface area (Å²) in [5.41, 5.74) is 0.455. The number of carboxylic acids is 1. The van der Waals surface area contributed by atoms with Crippen molar-refractivity contribution in [2.24, 2.45) is 11.3 Å². The molecule has 1 aliphatic heterocycles. The molecule has 1 aromatic heterocycles. The third-order valence-corrected chi connectivity index (χ3v) is 5.26. The number of nitrogens with zero attached hydrogens (tertiary/aromatic N) is 2. The molecule has 1 saturated heterocycles. The van der Waals surface area contributed by atoms with E-state index in [1.165, 1.54) is 0 Å². The van der Waals surface area contributed by atoms with E-state index in [1.54, 1.807) is 4.90 Å². The van der Waals surface area contributed by atoms with Gasteiger partial charge < -0.3 is 10.0 Å². The number of aromatic nitrogens is 2. The van der Waals surface area contributed by atoms with Gasteiger partial charge in [-0.05, 0) is 24.8 Å². The molecule has 2 aromatic rings. The fourth-order valence-corrected chi connectivity index (χ4v) is 4.07. The zero-order chi connectivity index (χ0) is 15.3. The van der Waals surface area contributed by atoms with Crippen molar-refractivity contribution in [3.8, 4) is 0 Å². The summed E-state index contributed by atoms with van der Waals surface area (Å²) < 4.78 is 0. The minimum atomic E-state index is -0.766. The van der Waals surface area contributed by atoms with Crippen LogP contribution in [0.5, 0.6) is 0 Å². The third kappa shape index (κ3) is 1.70. The van der Waals surface area contributed by atoms with Crippen molar-refractivity contribution in [3.05, 3.63) is 30.0 Å². The first-order chi connectivity index (χ1) is 10.6. The number of amides is 1. The first-order valence-corrected chi connectivity index (χ1v) is 7.57. The second kappa shape index (κ2) is 4.56. The van der Waals surface area contributed by atoms with E-state index in [0.717, 1.165) is 23.7 Å². The fourth-order valence-electron chi connectivity index (χ4n) is 4.07. The normalized spacial score (nSPS) is 27.3. The van der Waals surface area contributed by atoms with Gasteiger partial charge in [0.15, 0.2) is 5.69 Å². The van der Waals surface area contributed by atoms with Gasteiger partial charge in [-0.3, -0.25) is 14.7 Å². The number of hydrogen-bond donors (Lipinski definition) is 2. The molecule has 2 N–H and O–H groups in total. The minimum absolute atomic E-state index is 0.0687. The Bertz CT molecular complexity index is 769. The highest BCUT2D eigenvalue weighted by Gasteiger charge is 2.56. The van der Waals surface area contributed by atoms with Gasteiger partial charge in [-0.2, -0.15) is 5.10 Å². The number of fused-ring (bicyclic) bond motifs is 2. The van der Waals surface area contributed by atoms with Gasteiger partial charge in [0.1, 0.15) is 0 Å². The number of para-hydroxylation sites is 1. The molecule has 1 aliphatic carbocycles. The Balaban J connectivity index is 1.66. The summed E-state index contributed by atoms with van der Waals surface area (Å²) >= 11 is 0. The summed E-state index contributed by atoms with van der Waals surface area (Å²) in [5, 5.41) is 17.4. The highest BCUT2D eigenvalue weighted by molar-refractivity contribution is 6.05. The fraction of sp³-hybridized carbons (Fsp3) is 0.438. The standard InChI is InChI=1S/C16H17N3O3/c20-14(13-11-5-1-2-6-12(11)17-18-13)19-8-10-4-3-7-16(10,9-19)15(21)22/h1-2,5-6,10H,3-4,7-9H2,(H,17,18)(H,21,22)/t10-,16+/m0/s1. The van der Waals surface area contributed by atoms with Crippen LogP contribution in [-0.2, 0) is 4.79 Å². The number of likely N-dealkylation sites (tertiary alicyclic amines) is 1. The summed E-state index contributed by atoms with van der Waals surface area (Å²) in [5.74, 6) is -0.871. The quantitative estimate of drug-likeness (QED) is 0.886. The molecule has 1 amide bonds. The van der Waals surface area contributed by atoms with Crippen molar-refractivity contribution in [2.45, 2.75) is 19.3 Å². The van der Waals surface area contributed by atoms with E-state index >= 15 is 0 Å². The average molecular weight is 299 g/mol. The molecular weight excluding hydrogens is 282 g/mol. The van der Waals surface area contributed by atoms with Crippen LogP contribution in [-0.4, -0.2) is 45.2 Å². The smallest absolute Gasteiger partial charge is 0.311 e. The number of benzene rings is 1. The van der Waals surface area contributed by atoms with Gasteiger partial charge in [-0.25, -0.2) is 0 Å². The van der Waals surface area contributed by atoms with Crippen molar-refractivity contribution < 1.29 is 14.7 Å². The second-order valence-corrected chi connectivity index (χ2v) is 6.35. The van der Waals surface area contributed by atoms with Crippen molar-refractivity contribution >= 4 is 22.8 Å². The summed E-state index contributed by atoms with van der Waals surface area (Å²) in [4.78, 5) is 26.1. The van der Waals surface area contributed by atoms with Crippen LogP contribution in [0.1, 0.15) is 29.8 Å². The number of nitrogens with one attached hydrogen (secondary N) is 1. The van der Waals surface area contributed by atoms with Gasteiger partial charge in [0, 0.05) is 18.5 Å². The van der Waals surface area contributed by atoms with Crippen LogP contribution in [0.2, 0.25) is 0 Å². The lowest BCUT2D eigenvalue weighted by Crippen LogP contribution is -2.37. The van der Waals surface area contributed by atoms with Crippen molar-refractivity contribution in [3.63, 3.8) is 0 Å². The Kier molecular flexibility index (Phi) is 2.76. The van der Waals surface area contributed by atoms with Gasteiger partial charge >= 0.3 is 5.97 Å². The largest absolute Gasteiger partial charge is 0.481 e. The number of aliphatic carboxylic acids is 1. The van der Waals surface area contributed by atoms with Crippen LogP contribution in [0.4, 0.5) is 0 Å². The van der Waals surface area contributed by atoms with Crippen molar-refractivity contribution in [1.82, 2.24) is 15.1 Å². The van der Waals surface area contributed by atoms with Gasteiger partial charge in [-0.15, -0.1) is 0 Å². The maximum atomic E-state index is 12.8. The van der Waals surface area contributed by atoms with E-state index in [1.807, 2.05) is 24.3 Å². The summed E-state index contributed by atoms with van der Waals surface area (Å²) in [7, 11) is 0. The van der Waals surface area contributed by atoms with E-state index in [0.29, 0.717) is 25.2 Å². The highest BCUT2D eigenvalue weighted by Crippen LogP contribution is 2.49. The first kappa shape index (κ1) is 13.3. The maximum Gasteiger partial charge on any atom is 0.311 e. The molecule has 0 bridgehead atoms. The number of carbonyl (C=O) groups is 2. The van der Waals surface area contributed by atoms with E-state index in [2.05, 4.69) is 10.2 Å². The molecule has 0 radical (unpaired) electrons. The molecule has 22 heavy (non-hydrogen) atoms. The van der Waals surface area contributed by atoms with Crippen LogP contribution in [0.15, 0.2) is 24.3 Å². The molecular formula is C16H17N3O3. The van der Waals surface area contributed by atoms with Gasteiger partial charge in [0.2, 0.25) is 0 Å². The molecule has 2 fully saturated rings. The lowest BCUT2D eigenvalue weighted by Gasteiger charge is -2.23. The molecule has 114 valence electrons. The Hall–Kier alpha value is -2.37. The number of hydrogen-bond acceptors (Lipinski definition) is 3. The lowest BCUT2D eigenvalue weighted by atomic mass is 9.81. The zero-order valence-corrected chi connectivity index (χ0v) is 12.1. The number of rotatable bonds is 2. The monoisotopic (exact) mass is 299 g/mol. The average Bonchev–Trinajstić information content (AvgIpc) is 3.18. The zero-order valence-electron chi connectivity index (χ0n) is 12.1. The number of carboxylic acid groups (broad SMARTS) is 1. The molecule has 2 atom stereocenters. The van der Waals surface area contributed by atoms with E-state index < -0.39 is 11.4 Å². The van der Waals surface area contributed by atoms with Crippen LogP contribution in [0.25, 0.3) is 10.9 Å². The molecule has 0 spiro atoms. The predicted molar refractivity (Wildman–Crippen MR) is 79.4 cm³/mol. The highest BCUT2D eigenvalue weighted by atomic mass is 16.4. The van der Waals surface area contributed by atoms with E-state index in [-0.39, 0.29) is 11.8 Å².